The number of rotatable bonds is 8. The maximum atomic E-state index is 11.8. The van der Waals surface area contributed by atoms with Crippen molar-refractivity contribution in [1.29, 1.82) is 0 Å². The number of hydrogen-bond donors (Lipinski definition) is 0. The zero-order valence-electron chi connectivity index (χ0n) is 15.6. The molecule has 0 aromatic heterocycles. The van der Waals surface area contributed by atoms with Gasteiger partial charge < -0.3 is 18.9 Å². The number of hydrogen-bond acceptors (Lipinski definition) is 5. The van der Waals surface area contributed by atoms with Crippen molar-refractivity contribution in [2.24, 2.45) is 11.8 Å². The van der Waals surface area contributed by atoms with Crippen LogP contribution in [0.2, 0.25) is 0 Å². The Balaban J connectivity index is 1.56. The monoisotopic (exact) mass is 362 g/mol. The fraction of sp³-hybridized carbons (Fsp3) is 0.667. The maximum absolute atomic E-state index is 11.8. The summed E-state index contributed by atoms with van der Waals surface area (Å²) < 4.78 is 22.9. The molecule has 2 fully saturated rings. The van der Waals surface area contributed by atoms with Crippen molar-refractivity contribution in [3.05, 3.63) is 35.9 Å². The Morgan fingerprint density at radius 2 is 2.00 bits per heavy atom. The second kappa shape index (κ2) is 10.0. The summed E-state index contributed by atoms with van der Waals surface area (Å²) in [5, 5.41) is 0. The molecule has 1 aliphatic carbocycles. The molecule has 1 aromatic carbocycles. The third-order valence-electron chi connectivity index (χ3n) is 5.45. The van der Waals surface area contributed by atoms with Crippen LogP contribution in [-0.4, -0.2) is 38.7 Å². The van der Waals surface area contributed by atoms with Crippen LogP contribution in [-0.2, 0) is 30.3 Å². The third kappa shape index (κ3) is 5.53. The van der Waals surface area contributed by atoms with Crippen molar-refractivity contribution < 1.29 is 23.7 Å². The first-order valence-electron chi connectivity index (χ1n) is 9.72. The van der Waals surface area contributed by atoms with Crippen LogP contribution in [0.5, 0.6) is 0 Å². The topological polar surface area (TPSA) is 54.0 Å². The highest BCUT2D eigenvalue weighted by Crippen LogP contribution is 2.38. The zero-order valence-corrected chi connectivity index (χ0v) is 15.6. The fourth-order valence-electron chi connectivity index (χ4n) is 3.97. The number of ether oxygens (including phenoxy) is 4. The molecule has 0 amide bonds. The molecule has 1 aromatic rings. The summed E-state index contributed by atoms with van der Waals surface area (Å²) in [5.74, 6) is 0.285. The largest absolute Gasteiger partial charge is 0.469 e. The Morgan fingerprint density at radius 3 is 2.73 bits per heavy atom. The van der Waals surface area contributed by atoms with Crippen LogP contribution in [0.4, 0.5) is 0 Å². The minimum Gasteiger partial charge on any atom is -0.469 e. The number of benzene rings is 1. The lowest BCUT2D eigenvalue weighted by molar-refractivity contribution is -0.199. The van der Waals surface area contributed by atoms with Gasteiger partial charge in [0.1, 0.15) is 0 Å². The Hall–Kier alpha value is -1.43. The molecule has 1 aliphatic heterocycles. The molecule has 5 heteroatoms. The van der Waals surface area contributed by atoms with E-state index in [9.17, 15) is 4.79 Å². The third-order valence-corrected chi connectivity index (χ3v) is 5.45. The highest BCUT2D eigenvalue weighted by molar-refractivity contribution is 5.69. The molecular weight excluding hydrogens is 332 g/mol. The maximum Gasteiger partial charge on any atom is 0.305 e. The van der Waals surface area contributed by atoms with Gasteiger partial charge in [-0.25, -0.2) is 0 Å². The van der Waals surface area contributed by atoms with Gasteiger partial charge in [-0.3, -0.25) is 4.79 Å². The van der Waals surface area contributed by atoms with Crippen molar-refractivity contribution in [2.75, 3.05) is 20.3 Å². The molecule has 1 unspecified atom stereocenters. The van der Waals surface area contributed by atoms with Gasteiger partial charge in [-0.15, -0.1) is 0 Å². The first-order valence-corrected chi connectivity index (χ1v) is 9.72. The van der Waals surface area contributed by atoms with Gasteiger partial charge in [-0.2, -0.15) is 0 Å². The second-order valence-corrected chi connectivity index (χ2v) is 7.25. The Labute approximate surface area is 156 Å². The number of esters is 1. The summed E-state index contributed by atoms with van der Waals surface area (Å²) in [6.45, 7) is 1.95. The number of methoxy groups -OCH3 is 1. The average molecular weight is 362 g/mol. The van der Waals surface area contributed by atoms with Gasteiger partial charge >= 0.3 is 5.97 Å². The molecule has 1 saturated carbocycles. The Morgan fingerprint density at radius 1 is 1.15 bits per heavy atom. The summed E-state index contributed by atoms with van der Waals surface area (Å²) >= 11 is 0. The molecule has 0 bridgehead atoms. The Kier molecular flexibility index (Phi) is 7.47. The van der Waals surface area contributed by atoms with Crippen LogP contribution in [0.3, 0.4) is 0 Å². The molecule has 0 radical (unpaired) electrons. The minimum atomic E-state index is -0.155. The van der Waals surface area contributed by atoms with Crippen LogP contribution >= 0.6 is 0 Å². The van der Waals surface area contributed by atoms with E-state index >= 15 is 0 Å². The first-order chi connectivity index (χ1) is 12.8. The van der Waals surface area contributed by atoms with Crippen LogP contribution in [0, 0.1) is 11.8 Å². The van der Waals surface area contributed by atoms with Crippen molar-refractivity contribution >= 4 is 5.97 Å². The Bertz CT molecular complexity index is 541. The van der Waals surface area contributed by atoms with E-state index in [-0.39, 0.29) is 30.2 Å². The quantitative estimate of drug-likeness (QED) is 0.660. The summed E-state index contributed by atoms with van der Waals surface area (Å²) in [6, 6.07) is 10.1. The number of carbonyl (C=O) groups is 1. The molecule has 1 saturated heterocycles. The molecule has 2 aliphatic rings. The summed E-state index contributed by atoms with van der Waals surface area (Å²) in [5.41, 5.74) is 1.16. The smallest absolute Gasteiger partial charge is 0.305 e. The van der Waals surface area contributed by atoms with E-state index in [1.807, 2.05) is 18.2 Å². The molecule has 0 N–H and O–H groups in total. The normalized spacial score (nSPS) is 28.8. The highest BCUT2D eigenvalue weighted by Gasteiger charge is 2.39. The molecule has 1 heterocycles. The molecule has 4 atom stereocenters. The molecule has 0 spiro atoms. The van der Waals surface area contributed by atoms with E-state index in [2.05, 4.69) is 12.1 Å². The van der Waals surface area contributed by atoms with E-state index in [1.165, 1.54) is 7.11 Å². The SMILES string of the molecule is COC(=O)C[C@@H]1CC[C@@H](OC2CCCCO2)[C@@H]1COCc1ccccc1. The molecule has 144 valence electrons. The van der Waals surface area contributed by atoms with Gasteiger partial charge in [-0.05, 0) is 43.6 Å². The lowest BCUT2D eigenvalue weighted by atomic mass is 9.92. The van der Waals surface area contributed by atoms with Crippen LogP contribution in [0.15, 0.2) is 30.3 Å². The lowest BCUT2D eigenvalue weighted by Gasteiger charge is -2.30. The standard InChI is InChI=1S/C21H30O5/c1-23-20(22)13-17-10-11-19(26-21-9-5-6-12-25-21)18(17)15-24-14-16-7-3-2-4-8-16/h2-4,7-8,17-19,21H,5-6,9-15H2,1H3/t17-,18+,19+,21?/m0/s1. The van der Waals surface area contributed by atoms with Crippen LogP contribution in [0.1, 0.15) is 44.1 Å². The highest BCUT2D eigenvalue weighted by atomic mass is 16.7. The number of carbonyl (C=O) groups excluding carboxylic acids is 1. The molecule has 3 rings (SSSR count). The van der Waals surface area contributed by atoms with Gasteiger partial charge in [0, 0.05) is 18.9 Å². The van der Waals surface area contributed by atoms with E-state index in [0.717, 1.165) is 44.3 Å². The minimum absolute atomic E-state index is 0.0866. The predicted molar refractivity (Wildman–Crippen MR) is 97.4 cm³/mol. The lowest BCUT2D eigenvalue weighted by Crippen LogP contribution is -2.34. The van der Waals surface area contributed by atoms with Crippen LogP contribution in [0.25, 0.3) is 0 Å². The van der Waals surface area contributed by atoms with Crippen molar-refractivity contribution in [3.8, 4) is 0 Å². The van der Waals surface area contributed by atoms with Crippen molar-refractivity contribution in [2.45, 2.75) is 57.5 Å². The summed E-state index contributed by atoms with van der Waals surface area (Å²) in [4.78, 5) is 11.8. The molecule has 5 nitrogen and oxygen atoms in total. The van der Waals surface area contributed by atoms with Gasteiger partial charge in [0.2, 0.25) is 0 Å². The average Bonchev–Trinajstić information content (AvgIpc) is 3.04. The van der Waals surface area contributed by atoms with Crippen molar-refractivity contribution in [1.82, 2.24) is 0 Å². The molecule has 26 heavy (non-hydrogen) atoms. The molecular formula is C21H30O5. The van der Waals surface area contributed by atoms with Gasteiger partial charge in [-0.1, -0.05) is 30.3 Å². The van der Waals surface area contributed by atoms with Crippen LogP contribution < -0.4 is 0 Å². The van der Waals surface area contributed by atoms with E-state index in [4.69, 9.17) is 18.9 Å². The van der Waals surface area contributed by atoms with E-state index in [1.54, 1.807) is 0 Å². The van der Waals surface area contributed by atoms with Gasteiger partial charge in [0.15, 0.2) is 6.29 Å². The van der Waals surface area contributed by atoms with E-state index in [0.29, 0.717) is 19.6 Å². The summed E-state index contributed by atoms with van der Waals surface area (Å²) in [6.07, 6.45) is 5.53. The van der Waals surface area contributed by atoms with E-state index < -0.39 is 0 Å². The predicted octanol–water partition coefficient (Wildman–Crippen LogP) is 3.70. The van der Waals surface area contributed by atoms with Crippen molar-refractivity contribution in [3.63, 3.8) is 0 Å². The first kappa shape index (κ1) is 19.3. The zero-order chi connectivity index (χ0) is 18.2. The van der Waals surface area contributed by atoms with Gasteiger partial charge in [0.05, 0.1) is 26.4 Å². The van der Waals surface area contributed by atoms with Gasteiger partial charge in [0.25, 0.3) is 0 Å². The second-order valence-electron chi connectivity index (χ2n) is 7.25. The summed E-state index contributed by atoms with van der Waals surface area (Å²) in [7, 11) is 1.45. The fourth-order valence-corrected chi connectivity index (χ4v) is 3.97.